The summed E-state index contributed by atoms with van der Waals surface area (Å²) in [6.45, 7) is 0.761. The quantitative estimate of drug-likeness (QED) is 0.907. The highest BCUT2D eigenvalue weighted by Crippen LogP contribution is 2.45. The Morgan fingerprint density at radius 3 is 2.67 bits per heavy atom. The van der Waals surface area contributed by atoms with Gasteiger partial charge in [-0.2, -0.15) is 0 Å². The van der Waals surface area contributed by atoms with Crippen LogP contribution >= 0.6 is 0 Å². The predicted octanol–water partition coefficient (Wildman–Crippen LogP) is 2.71. The first-order chi connectivity index (χ1) is 11.4. The summed E-state index contributed by atoms with van der Waals surface area (Å²) in [7, 11) is -3.53. The smallest absolute Gasteiger partial charge is 0.175 e. The van der Waals surface area contributed by atoms with Crippen molar-refractivity contribution in [3.63, 3.8) is 0 Å². The Bertz CT molecular complexity index is 926. The first-order valence-electron chi connectivity index (χ1n) is 7.91. The van der Waals surface area contributed by atoms with Gasteiger partial charge in [-0.25, -0.2) is 12.8 Å². The van der Waals surface area contributed by atoms with Crippen LogP contribution in [0.15, 0.2) is 41.3 Å². The number of aliphatic hydroxyl groups excluding tert-OH is 1. The van der Waals surface area contributed by atoms with Crippen molar-refractivity contribution in [2.45, 2.75) is 30.0 Å². The van der Waals surface area contributed by atoms with Gasteiger partial charge in [0.05, 0.1) is 4.90 Å². The van der Waals surface area contributed by atoms with E-state index in [1.807, 2.05) is 18.2 Å². The van der Waals surface area contributed by atoms with Crippen LogP contribution in [0.5, 0.6) is 0 Å². The molecule has 2 aliphatic rings. The van der Waals surface area contributed by atoms with Gasteiger partial charge >= 0.3 is 0 Å². The Hall–Kier alpha value is -1.92. The van der Waals surface area contributed by atoms with E-state index >= 15 is 0 Å². The number of para-hydroxylation sites is 1. The predicted molar refractivity (Wildman–Crippen MR) is 90.3 cm³/mol. The average Bonchev–Trinajstić information content (AvgIpc) is 3.08. The molecule has 1 N–H and O–H groups in total. The Balaban J connectivity index is 1.91. The molecular weight excluding hydrogens is 329 g/mol. The topological polar surface area (TPSA) is 57.6 Å². The fourth-order valence-electron chi connectivity index (χ4n) is 3.82. The summed E-state index contributed by atoms with van der Waals surface area (Å²) in [5, 5.41) is 10.2. The van der Waals surface area contributed by atoms with Crippen LogP contribution in [-0.4, -0.2) is 32.5 Å². The molecule has 4 nitrogen and oxygen atoms in total. The molecule has 2 atom stereocenters. The first kappa shape index (κ1) is 15.6. The van der Waals surface area contributed by atoms with Gasteiger partial charge in [0.25, 0.3) is 0 Å². The van der Waals surface area contributed by atoms with Gasteiger partial charge < -0.3 is 10.0 Å². The molecule has 24 heavy (non-hydrogen) atoms. The van der Waals surface area contributed by atoms with Crippen molar-refractivity contribution in [1.29, 1.82) is 0 Å². The Labute approximate surface area is 140 Å². The molecule has 0 unspecified atom stereocenters. The van der Waals surface area contributed by atoms with E-state index in [0.29, 0.717) is 5.56 Å². The van der Waals surface area contributed by atoms with E-state index in [0.717, 1.165) is 30.6 Å². The number of fused-ring (bicyclic) bond motifs is 2. The van der Waals surface area contributed by atoms with E-state index in [4.69, 9.17) is 0 Å². The second-order valence-electron chi connectivity index (χ2n) is 6.44. The summed E-state index contributed by atoms with van der Waals surface area (Å²) in [6.07, 6.45) is -0.845. The van der Waals surface area contributed by atoms with Crippen LogP contribution in [0, 0.1) is 0 Å². The van der Waals surface area contributed by atoms with Crippen molar-refractivity contribution < 1.29 is 17.9 Å². The number of nitrogens with zero attached hydrogens (tertiary/aromatic N) is 1. The summed E-state index contributed by atoms with van der Waals surface area (Å²) in [5.74, 6) is 0. The highest BCUT2D eigenvalue weighted by Gasteiger charge is 2.38. The van der Waals surface area contributed by atoms with Gasteiger partial charge in [-0.3, -0.25) is 0 Å². The van der Waals surface area contributed by atoms with Crippen molar-refractivity contribution in [1.82, 2.24) is 0 Å². The molecule has 0 saturated carbocycles. The maximum Gasteiger partial charge on any atom is 0.175 e. The maximum atomic E-state index is 14.2. The molecule has 0 amide bonds. The number of anilines is 2. The molecule has 1 aliphatic carbocycles. The van der Waals surface area contributed by atoms with E-state index in [1.165, 1.54) is 11.6 Å². The maximum absolute atomic E-state index is 14.2. The van der Waals surface area contributed by atoms with E-state index in [-0.39, 0.29) is 16.9 Å². The van der Waals surface area contributed by atoms with Crippen molar-refractivity contribution in [3.05, 3.63) is 53.1 Å². The Kier molecular flexibility index (Phi) is 3.44. The third kappa shape index (κ3) is 2.24. The Morgan fingerprint density at radius 2 is 1.92 bits per heavy atom. The second-order valence-corrected chi connectivity index (χ2v) is 8.43. The molecule has 1 heterocycles. The van der Waals surface area contributed by atoms with Gasteiger partial charge in [-0.15, -0.1) is 0 Å². The SMILES string of the molecule is CS(=O)(=O)c1ccc(N2CCc3ccccc32)c2c1[C@H](O)[C@@H](F)C2. The lowest BCUT2D eigenvalue weighted by atomic mass is 10.1. The molecule has 4 rings (SSSR count). The minimum Gasteiger partial charge on any atom is -0.385 e. The molecule has 1 aliphatic heterocycles. The van der Waals surface area contributed by atoms with Gasteiger partial charge in [0.15, 0.2) is 9.84 Å². The van der Waals surface area contributed by atoms with E-state index in [9.17, 15) is 17.9 Å². The zero-order valence-corrected chi connectivity index (χ0v) is 14.1. The van der Waals surface area contributed by atoms with Crippen molar-refractivity contribution in [3.8, 4) is 0 Å². The van der Waals surface area contributed by atoms with Gasteiger partial charge in [0.2, 0.25) is 0 Å². The second kappa shape index (κ2) is 5.29. The van der Waals surface area contributed by atoms with Crippen LogP contribution in [0.25, 0.3) is 0 Å². The third-order valence-electron chi connectivity index (χ3n) is 4.91. The monoisotopic (exact) mass is 347 g/mol. The Morgan fingerprint density at radius 1 is 1.17 bits per heavy atom. The molecule has 0 saturated heterocycles. The molecule has 0 radical (unpaired) electrons. The van der Waals surface area contributed by atoms with Gasteiger partial charge in [0, 0.05) is 36.2 Å². The van der Waals surface area contributed by atoms with Crippen LogP contribution in [0.2, 0.25) is 0 Å². The fourth-order valence-corrected chi connectivity index (χ4v) is 4.78. The number of hydrogen-bond acceptors (Lipinski definition) is 4. The van der Waals surface area contributed by atoms with Crippen LogP contribution in [0.1, 0.15) is 22.8 Å². The van der Waals surface area contributed by atoms with Gasteiger partial charge in [0.1, 0.15) is 12.3 Å². The van der Waals surface area contributed by atoms with Crippen LogP contribution in [-0.2, 0) is 22.7 Å². The minimum atomic E-state index is -3.53. The molecule has 0 spiro atoms. The van der Waals surface area contributed by atoms with Crippen molar-refractivity contribution >= 4 is 21.2 Å². The summed E-state index contributed by atoms with van der Waals surface area (Å²) in [6, 6.07) is 11.2. The largest absolute Gasteiger partial charge is 0.385 e. The zero-order chi connectivity index (χ0) is 17.1. The van der Waals surface area contributed by atoms with Gasteiger partial charge in [-0.05, 0) is 35.7 Å². The number of aliphatic hydroxyl groups is 1. The number of benzene rings is 2. The molecular formula is C18H18FNO3S. The highest BCUT2D eigenvalue weighted by atomic mass is 32.2. The number of rotatable bonds is 2. The molecule has 0 fully saturated rings. The van der Waals surface area contributed by atoms with Crippen molar-refractivity contribution in [2.75, 3.05) is 17.7 Å². The lowest BCUT2D eigenvalue weighted by molar-refractivity contribution is 0.0907. The highest BCUT2D eigenvalue weighted by molar-refractivity contribution is 7.90. The van der Waals surface area contributed by atoms with Crippen LogP contribution < -0.4 is 4.90 Å². The molecule has 2 aromatic carbocycles. The first-order valence-corrected chi connectivity index (χ1v) is 9.80. The summed E-state index contributed by atoms with van der Waals surface area (Å²) >= 11 is 0. The number of sulfone groups is 1. The lowest BCUT2D eigenvalue weighted by Crippen LogP contribution is -2.16. The van der Waals surface area contributed by atoms with Gasteiger partial charge in [-0.1, -0.05) is 18.2 Å². The van der Waals surface area contributed by atoms with E-state index in [2.05, 4.69) is 11.0 Å². The average molecular weight is 347 g/mol. The standard InChI is InChI=1S/C18H18FNO3S/c1-24(22,23)16-7-6-15(12-10-13(19)18(21)17(12)16)20-9-8-11-4-2-3-5-14(11)20/h2-7,13,18,21H,8-10H2,1H3/t13-,18+/m0/s1. The third-order valence-corrected chi connectivity index (χ3v) is 6.06. The lowest BCUT2D eigenvalue weighted by Gasteiger charge is -2.24. The van der Waals surface area contributed by atoms with Crippen LogP contribution in [0.3, 0.4) is 0 Å². The normalized spacial score (nSPS) is 22.5. The molecule has 126 valence electrons. The molecule has 2 aromatic rings. The molecule has 0 bridgehead atoms. The number of halogens is 1. The number of alkyl halides is 1. The van der Waals surface area contributed by atoms with Crippen LogP contribution in [0.4, 0.5) is 15.8 Å². The summed E-state index contributed by atoms with van der Waals surface area (Å²) in [5.41, 5.74) is 3.90. The minimum absolute atomic E-state index is 0.0291. The summed E-state index contributed by atoms with van der Waals surface area (Å²) < 4.78 is 38.2. The summed E-state index contributed by atoms with van der Waals surface area (Å²) in [4.78, 5) is 2.12. The fraction of sp³-hybridized carbons (Fsp3) is 0.333. The van der Waals surface area contributed by atoms with E-state index < -0.39 is 22.1 Å². The van der Waals surface area contributed by atoms with E-state index in [1.54, 1.807) is 6.07 Å². The number of hydrogen-bond donors (Lipinski definition) is 1. The molecule has 6 heteroatoms. The molecule has 0 aromatic heterocycles. The van der Waals surface area contributed by atoms with Crippen molar-refractivity contribution in [2.24, 2.45) is 0 Å². The zero-order valence-electron chi connectivity index (χ0n) is 13.2.